The Morgan fingerprint density at radius 1 is 1.35 bits per heavy atom. The third-order valence-electron chi connectivity index (χ3n) is 2.42. The first kappa shape index (κ1) is 12.0. The second-order valence-electron chi connectivity index (χ2n) is 3.96. The van der Waals surface area contributed by atoms with E-state index in [0.717, 1.165) is 18.8 Å². The van der Waals surface area contributed by atoms with Gasteiger partial charge in [-0.2, -0.15) is 11.3 Å². The van der Waals surface area contributed by atoms with Gasteiger partial charge in [-0.15, -0.1) is 0 Å². The summed E-state index contributed by atoms with van der Waals surface area (Å²) < 4.78 is 0. The average molecular weight is 248 g/mol. The van der Waals surface area contributed by atoms with Crippen molar-refractivity contribution in [2.45, 2.75) is 13.1 Å². The first-order valence-corrected chi connectivity index (χ1v) is 6.34. The molecule has 0 aliphatic carbocycles. The molecule has 0 aromatic carbocycles. The standard InChI is InChI=1S/C12H16N4S/c1-16(7-10-5-6-17-9-10)8-11-3-2-4-12(14-11)15-13/h2-6,9H,7-8,13H2,1H3,(H,14,15). The highest BCUT2D eigenvalue weighted by Crippen LogP contribution is 2.11. The summed E-state index contributed by atoms with van der Waals surface area (Å²) in [6.45, 7) is 1.75. The van der Waals surface area contributed by atoms with E-state index in [1.165, 1.54) is 5.56 Å². The lowest BCUT2D eigenvalue weighted by molar-refractivity contribution is 0.315. The van der Waals surface area contributed by atoms with E-state index in [-0.39, 0.29) is 0 Å². The molecule has 90 valence electrons. The molecule has 0 aliphatic heterocycles. The van der Waals surface area contributed by atoms with Gasteiger partial charge in [0.15, 0.2) is 0 Å². The number of hydrogen-bond acceptors (Lipinski definition) is 5. The molecule has 0 bridgehead atoms. The molecule has 0 fully saturated rings. The van der Waals surface area contributed by atoms with E-state index < -0.39 is 0 Å². The van der Waals surface area contributed by atoms with Crippen LogP contribution in [-0.2, 0) is 13.1 Å². The normalized spacial score (nSPS) is 10.8. The van der Waals surface area contributed by atoms with Gasteiger partial charge in [-0.3, -0.25) is 4.90 Å². The quantitative estimate of drug-likeness (QED) is 0.628. The van der Waals surface area contributed by atoms with Crippen LogP contribution < -0.4 is 11.3 Å². The number of hydrogen-bond donors (Lipinski definition) is 2. The van der Waals surface area contributed by atoms with Crippen molar-refractivity contribution < 1.29 is 0 Å². The highest BCUT2D eigenvalue weighted by Gasteiger charge is 2.03. The fourth-order valence-electron chi connectivity index (χ4n) is 1.67. The first-order valence-electron chi connectivity index (χ1n) is 5.40. The highest BCUT2D eigenvalue weighted by molar-refractivity contribution is 7.07. The Labute approximate surface area is 105 Å². The number of anilines is 1. The van der Waals surface area contributed by atoms with Crippen LogP contribution in [0.2, 0.25) is 0 Å². The van der Waals surface area contributed by atoms with E-state index in [4.69, 9.17) is 5.84 Å². The topological polar surface area (TPSA) is 54.2 Å². The van der Waals surface area contributed by atoms with Gasteiger partial charge >= 0.3 is 0 Å². The summed E-state index contributed by atoms with van der Waals surface area (Å²) in [4.78, 5) is 6.61. The van der Waals surface area contributed by atoms with Crippen molar-refractivity contribution in [2.75, 3.05) is 12.5 Å². The van der Waals surface area contributed by atoms with Crippen LogP contribution in [0.1, 0.15) is 11.3 Å². The van der Waals surface area contributed by atoms with Gasteiger partial charge in [0, 0.05) is 13.1 Å². The zero-order valence-corrected chi connectivity index (χ0v) is 10.6. The number of nitrogens with two attached hydrogens (primary N) is 1. The van der Waals surface area contributed by atoms with Crippen molar-refractivity contribution in [1.29, 1.82) is 0 Å². The minimum Gasteiger partial charge on any atom is -0.308 e. The van der Waals surface area contributed by atoms with Crippen molar-refractivity contribution in [3.05, 3.63) is 46.3 Å². The molecule has 0 radical (unpaired) electrons. The second kappa shape index (κ2) is 5.77. The van der Waals surface area contributed by atoms with Crippen LogP contribution in [0.25, 0.3) is 0 Å². The van der Waals surface area contributed by atoms with Crippen LogP contribution in [0.4, 0.5) is 5.82 Å². The molecule has 17 heavy (non-hydrogen) atoms. The average Bonchev–Trinajstić information content (AvgIpc) is 2.82. The lowest BCUT2D eigenvalue weighted by Crippen LogP contribution is -2.18. The van der Waals surface area contributed by atoms with E-state index in [0.29, 0.717) is 5.82 Å². The summed E-state index contributed by atoms with van der Waals surface area (Å²) >= 11 is 1.73. The summed E-state index contributed by atoms with van der Waals surface area (Å²) in [6, 6.07) is 7.95. The van der Waals surface area contributed by atoms with E-state index >= 15 is 0 Å². The Morgan fingerprint density at radius 3 is 2.94 bits per heavy atom. The van der Waals surface area contributed by atoms with Gasteiger partial charge in [0.1, 0.15) is 5.82 Å². The summed E-state index contributed by atoms with van der Waals surface area (Å²) in [5.74, 6) is 6.03. The van der Waals surface area contributed by atoms with Gasteiger partial charge in [-0.05, 0) is 41.6 Å². The summed E-state index contributed by atoms with van der Waals surface area (Å²) in [7, 11) is 2.09. The van der Waals surface area contributed by atoms with Crippen molar-refractivity contribution in [3.8, 4) is 0 Å². The second-order valence-corrected chi connectivity index (χ2v) is 4.74. The predicted octanol–water partition coefficient (Wildman–Crippen LogP) is 2.06. The third kappa shape index (κ3) is 3.52. The number of thiophene rings is 1. The maximum Gasteiger partial charge on any atom is 0.140 e. The number of nitrogen functional groups attached to an aromatic ring is 1. The monoisotopic (exact) mass is 248 g/mol. The largest absolute Gasteiger partial charge is 0.308 e. The van der Waals surface area contributed by atoms with Crippen LogP contribution in [0.5, 0.6) is 0 Å². The lowest BCUT2D eigenvalue weighted by Gasteiger charge is -2.15. The van der Waals surface area contributed by atoms with Crippen LogP contribution in [0.15, 0.2) is 35.0 Å². The number of hydrazine groups is 1. The Bertz CT molecular complexity index is 455. The Hall–Kier alpha value is -1.43. The van der Waals surface area contributed by atoms with Gasteiger partial charge in [-0.1, -0.05) is 6.07 Å². The molecule has 0 atom stereocenters. The number of rotatable bonds is 5. The van der Waals surface area contributed by atoms with Crippen LogP contribution in [-0.4, -0.2) is 16.9 Å². The minimum atomic E-state index is 0.700. The zero-order valence-electron chi connectivity index (χ0n) is 9.76. The maximum absolute atomic E-state index is 5.33. The van der Waals surface area contributed by atoms with Gasteiger partial charge in [0.2, 0.25) is 0 Å². The molecule has 4 nitrogen and oxygen atoms in total. The predicted molar refractivity (Wildman–Crippen MR) is 71.5 cm³/mol. The van der Waals surface area contributed by atoms with Gasteiger partial charge < -0.3 is 5.43 Å². The van der Waals surface area contributed by atoms with Crippen molar-refractivity contribution in [2.24, 2.45) is 5.84 Å². The van der Waals surface area contributed by atoms with E-state index in [2.05, 4.69) is 39.2 Å². The molecule has 2 aromatic rings. The Balaban J connectivity index is 1.95. The fraction of sp³-hybridized carbons (Fsp3) is 0.250. The number of nitrogens with zero attached hydrogens (tertiary/aromatic N) is 2. The molecule has 0 saturated heterocycles. The molecule has 0 spiro atoms. The Morgan fingerprint density at radius 2 is 2.24 bits per heavy atom. The Kier molecular flexibility index (Phi) is 4.08. The SMILES string of the molecule is CN(Cc1ccsc1)Cc1cccc(NN)n1. The fourth-order valence-corrected chi connectivity index (χ4v) is 2.33. The molecule has 0 amide bonds. The molecular weight excluding hydrogens is 232 g/mol. The van der Waals surface area contributed by atoms with Crippen LogP contribution >= 0.6 is 11.3 Å². The molecule has 0 aliphatic rings. The summed E-state index contributed by atoms with van der Waals surface area (Å²) in [5, 5.41) is 4.27. The van der Waals surface area contributed by atoms with Crippen LogP contribution in [0.3, 0.4) is 0 Å². The van der Waals surface area contributed by atoms with Crippen molar-refractivity contribution in [3.63, 3.8) is 0 Å². The lowest BCUT2D eigenvalue weighted by atomic mass is 10.3. The van der Waals surface area contributed by atoms with Gasteiger partial charge in [0.25, 0.3) is 0 Å². The van der Waals surface area contributed by atoms with E-state index in [1.807, 2.05) is 18.2 Å². The molecular formula is C12H16N4S. The molecule has 2 rings (SSSR count). The van der Waals surface area contributed by atoms with Crippen LogP contribution in [0, 0.1) is 0 Å². The zero-order chi connectivity index (χ0) is 12.1. The number of pyridine rings is 1. The molecule has 3 N–H and O–H groups in total. The molecule has 2 aromatic heterocycles. The first-order chi connectivity index (χ1) is 8.28. The van der Waals surface area contributed by atoms with Crippen molar-refractivity contribution in [1.82, 2.24) is 9.88 Å². The molecule has 0 unspecified atom stereocenters. The van der Waals surface area contributed by atoms with Crippen molar-refractivity contribution >= 4 is 17.2 Å². The third-order valence-corrected chi connectivity index (χ3v) is 3.15. The highest BCUT2D eigenvalue weighted by atomic mass is 32.1. The molecule has 2 heterocycles. The summed E-state index contributed by atoms with van der Waals surface area (Å²) in [6.07, 6.45) is 0. The maximum atomic E-state index is 5.33. The van der Waals surface area contributed by atoms with E-state index in [9.17, 15) is 0 Å². The van der Waals surface area contributed by atoms with Gasteiger partial charge in [-0.25, -0.2) is 10.8 Å². The smallest absolute Gasteiger partial charge is 0.140 e. The number of aromatic nitrogens is 1. The minimum absolute atomic E-state index is 0.700. The molecule has 5 heteroatoms. The molecule has 0 saturated carbocycles. The summed E-state index contributed by atoms with van der Waals surface area (Å²) in [5.41, 5.74) is 4.91. The van der Waals surface area contributed by atoms with E-state index in [1.54, 1.807) is 11.3 Å². The van der Waals surface area contributed by atoms with Gasteiger partial charge in [0.05, 0.1) is 5.69 Å². The number of nitrogens with one attached hydrogen (secondary N) is 1.